The summed E-state index contributed by atoms with van der Waals surface area (Å²) >= 11 is 0. The van der Waals surface area contributed by atoms with E-state index >= 15 is 0 Å². The van der Waals surface area contributed by atoms with Gasteiger partial charge in [-0.2, -0.15) is 0 Å². The summed E-state index contributed by atoms with van der Waals surface area (Å²) in [5, 5.41) is 12.5. The zero-order valence-electron chi connectivity index (χ0n) is 44.0. The molecule has 0 aliphatic heterocycles. The second-order valence-electron chi connectivity index (χ2n) is 20.9. The summed E-state index contributed by atoms with van der Waals surface area (Å²) in [5.74, 6) is 0. The Bertz CT molecular complexity index is 1050. The van der Waals surface area contributed by atoms with Crippen LogP contribution >= 0.6 is 0 Å². The summed E-state index contributed by atoms with van der Waals surface area (Å²) in [6.45, 7) is 13.9. The van der Waals surface area contributed by atoms with E-state index < -0.39 is 0 Å². The van der Waals surface area contributed by atoms with E-state index in [4.69, 9.17) is 0 Å². The molecule has 1 heteroatoms. The molecule has 0 radical (unpaired) electrons. The van der Waals surface area contributed by atoms with Crippen molar-refractivity contribution in [3.05, 3.63) is 33.4 Å². The van der Waals surface area contributed by atoms with E-state index in [1.54, 1.807) is 16.7 Å². The van der Waals surface area contributed by atoms with E-state index in [1.165, 1.54) is 318 Å². The van der Waals surface area contributed by atoms with E-state index in [0.717, 1.165) is 6.42 Å². The van der Waals surface area contributed by atoms with E-state index in [1.807, 2.05) is 0 Å². The molecular weight excluding hydrogens is 749 g/mol. The van der Waals surface area contributed by atoms with Gasteiger partial charge in [-0.25, -0.2) is 0 Å². The molecule has 1 atom stereocenters. The Hall–Kier alpha value is -0.820. The Kier molecular flexibility index (Phi) is 43.3. The summed E-state index contributed by atoms with van der Waals surface area (Å²) < 4.78 is 0. The molecule has 0 saturated heterocycles. The molecule has 0 heterocycles. The van der Waals surface area contributed by atoms with Gasteiger partial charge in [0.25, 0.3) is 0 Å². The minimum Gasteiger partial charge on any atom is -0.384 e. The van der Waals surface area contributed by atoms with Crippen LogP contribution in [0.25, 0.3) is 0 Å². The highest BCUT2D eigenvalue weighted by Gasteiger charge is 2.31. The van der Waals surface area contributed by atoms with Crippen LogP contribution in [0.3, 0.4) is 0 Å². The van der Waals surface area contributed by atoms with Gasteiger partial charge in [-0.1, -0.05) is 290 Å². The topological polar surface area (TPSA) is 20.2 Å². The fraction of sp³-hybridized carbons (Fsp3) is 0.902. The second-order valence-corrected chi connectivity index (χ2v) is 20.9. The van der Waals surface area contributed by atoms with Crippen LogP contribution in [0, 0.1) is 0 Å². The van der Waals surface area contributed by atoms with E-state index in [2.05, 4.69) is 41.5 Å². The van der Waals surface area contributed by atoms with Gasteiger partial charge in [0.1, 0.15) is 6.10 Å². The van der Waals surface area contributed by atoms with Gasteiger partial charge in [0.05, 0.1) is 0 Å². The van der Waals surface area contributed by atoms with Crippen molar-refractivity contribution in [3.63, 3.8) is 0 Å². The lowest BCUT2D eigenvalue weighted by Crippen LogP contribution is -2.25. The largest absolute Gasteiger partial charge is 0.384 e. The fourth-order valence-corrected chi connectivity index (χ4v) is 10.7. The lowest BCUT2D eigenvalue weighted by atomic mass is 9.73. The molecule has 1 rings (SSSR count). The first kappa shape index (κ1) is 59.2. The fourth-order valence-electron chi connectivity index (χ4n) is 10.7. The van der Waals surface area contributed by atoms with Crippen molar-refractivity contribution < 1.29 is 5.11 Å². The summed E-state index contributed by atoms with van der Waals surface area (Å²) in [5.41, 5.74) is 9.13. The summed E-state index contributed by atoms with van der Waals surface area (Å²) in [6.07, 6.45) is 65.8. The van der Waals surface area contributed by atoms with Crippen molar-refractivity contribution in [2.45, 2.75) is 356 Å². The molecule has 0 fully saturated rings. The van der Waals surface area contributed by atoms with Crippen molar-refractivity contribution in [1.29, 1.82) is 0 Å². The number of aliphatic hydroxyl groups is 1. The summed E-state index contributed by atoms with van der Waals surface area (Å²) in [7, 11) is 0. The molecule has 366 valence electrons. The highest BCUT2D eigenvalue weighted by atomic mass is 16.3. The van der Waals surface area contributed by atoms with Crippen LogP contribution in [-0.4, -0.2) is 11.2 Å². The van der Waals surface area contributed by atoms with Crippen LogP contribution in [0.15, 0.2) is 33.4 Å². The third-order valence-corrected chi connectivity index (χ3v) is 14.7. The minimum absolute atomic E-state index is 0.380. The second kappa shape index (κ2) is 45.3. The highest BCUT2D eigenvalue weighted by Crippen LogP contribution is 2.44. The minimum atomic E-state index is -0.380. The Balaban J connectivity index is 3.09. The molecule has 1 aliphatic rings. The first-order valence-electron chi connectivity index (χ1n) is 29.3. The average Bonchev–Trinajstić information content (AvgIpc) is 3.26. The summed E-state index contributed by atoms with van der Waals surface area (Å²) in [6, 6.07) is 0. The Morgan fingerprint density at radius 1 is 0.274 bits per heavy atom. The molecule has 1 N–H and O–H groups in total. The molecule has 62 heavy (non-hydrogen) atoms. The van der Waals surface area contributed by atoms with Crippen LogP contribution in [-0.2, 0) is 0 Å². The molecule has 0 aromatic rings. The molecule has 0 spiro atoms. The van der Waals surface area contributed by atoms with Gasteiger partial charge in [-0.3, -0.25) is 0 Å². The molecule has 0 saturated carbocycles. The van der Waals surface area contributed by atoms with Crippen molar-refractivity contribution >= 4 is 0 Å². The smallest absolute Gasteiger partial charge is 0.101 e. The third-order valence-electron chi connectivity index (χ3n) is 14.7. The Morgan fingerprint density at radius 3 is 0.742 bits per heavy atom. The van der Waals surface area contributed by atoms with E-state index in [9.17, 15) is 5.11 Å². The van der Waals surface area contributed by atoms with Crippen LogP contribution < -0.4 is 0 Å². The maximum atomic E-state index is 12.5. The number of rotatable bonds is 48. The molecular formula is C61H116O. The van der Waals surface area contributed by atoms with E-state index in [-0.39, 0.29) is 6.10 Å². The predicted molar refractivity (Wildman–Crippen MR) is 283 cm³/mol. The number of hydrogen-bond acceptors (Lipinski definition) is 1. The molecule has 1 unspecified atom stereocenters. The molecule has 0 amide bonds. The SMILES string of the molecule is CCCCCCCCCCCCCC1=C(CCCCCCCCCCCCC)C(=C(C)C)C(O)C(CCCCCCCCCCCCC)=C1CCCCCCCCCCCCC. The van der Waals surface area contributed by atoms with Gasteiger partial charge in [-0.15, -0.1) is 0 Å². The number of hydrogen-bond donors (Lipinski definition) is 1. The number of allylic oxidation sites excluding steroid dienone is 3. The zero-order chi connectivity index (χ0) is 45.0. The normalized spacial score (nSPS) is 14.6. The summed E-state index contributed by atoms with van der Waals surface area (Å²) in [4.78, 5) is 0. The predicted octanol–water partition coefficient (Wildman–Crippen LogP) is 22.1. The van der Waals surface area contributed by atoms with Gasteiger partial charge in [0.2, 0.25) is 0 Å². The molecule has 0 aromatic heterocycles. The Morgan fingerprint density at radius 2 is 0.484 bits per heavy atom. The highest BCUT2D eigenvalue weighted by molar-refractivity contribution is 5.57. The van der Waals surface area contributed by atoms with Crippen LogP contribution in [0.5, 0.6) is 0 Å². The first-order chi connectivity index (χ1) is 30.5. The molecule has 1 nitrogen and oxygen atoms in total. The van der Waals surface area contributed by atoms with Gasteiger partial charge < -0.3 is 5.11 Å². The average molecular weight is 866 g/mol. The van der Waals surface area contributed by atoms with Gasteiger partial charge in [0.15, 0.2) is 0 Å². The third kappa shape index (κ3) is 32.0. The number of unbranched alkanes of at least 4 members (excludes halogenated alkanes) is 40. The van der Waals surface area contributed by atoms with Crippen LogP contribution in [0.4, 0.5) is 0 Å². The monoisotopic (exact) mass is 865 g/mol. The molecule has 1 aliphatic carbocycles. The first-order valence-corrected chi connectivity index (χ1v) is 29.3. The standard InChI is InChI=1S/C61H116O/c1-7-11-15-19-23-27-31-35-39-43-47-51-56-57(52-48-44-40-36-32-28-24-20-16-12-8-2)59(54-50-46-42-38-34-30-26-22-18-14-10-4)61(62)60(55(5)6)58(56)53-49-45-41-37-33-29-25-21-17-13-9-3/h61-62H,7-54H2,1-6H3. The van der Waals surface area contributed by atoms with Crippen LogP contribution in [0.1, 0.15) is 350 Å². The van der Waals surface area contributed by atoms with Crippen molar-refractivity contribution in [1.82, 2.24) is 0 Å². The van der Waals surface area contributed by atoms with Crippen molar-refractivity contribution in [3.8, 4) is 0 Å². The van der Waals surface area contributed by atoms with Crippen LogP contribution in [0.2, 0.25) is 0 Å². The maximum absolute atomic E-state index is 12.5. The lowest BCUT2D eigenvalue weighted by Gasteiger charge is -2.34. The van der Waals surface area contributed by atoms with Crippen molar-refractivity contribution in [2.24, 2.45) is 0 Å². The van der Waals surface area contributed by atoms with Gasteiger partial charge >= 0.3 is 0 Å². The Labute approximate surface area is 392 Å². The van der Waals surface area contributed by atoms with Gasteiger partial charge in [-0.05, 0) is 93.1 Å². The lowest BCUT2D eigenvalue weighted by molar-refractivity contribution is 0.237. The molecule has 0 aromatic carbocycles. The van der Waals surface area contributed by atoms with E-state index in [0.29, 0.717) is 0 Å². The zero-order valence-corrected chi connectivity index (χ0v) is 44.0. The van der Waals surface area contributed by atoms with Gasteiger partial charge in [0, 0.05) is 0 Å². The quantitative estimate of drug-likeness (QED) is 0.0604. The number of aliphatic hydroxyl groups excluding tert-OH is 1. The molecule has 0 bridgehead atoms. The van der Waals surface area contributed by atoms with Crippen molar-refractivity contribution in [2.75, 3.05) is 0 Å². The maximum Gasteiger partial charge on any atom is 0.101 e.